The van der Waals surface area contributed by atoms with E-state index in [1.54, 1.807) is 23.1 Å². The van der Waals surface area contributed by atoms with Gasteiger partial charge in [-0.1, -0.05) is 18.2 Å². The topological polar surface area (TPSA) is 79.4 Å². The number of rotatable bonds is 4. The Morgan fingerprint density at radius 2 is 1.50 bits per heavy atom. The molecule has 2 aromatic carbocycles. The van der Waals surface area contributed by atoms with E-state index in [4.69, 9.17) is 9.47 Å². The maximum absolute atomic E-state index is 13.8. The van der Waals surface area contributed by atoms with E-state index in [-0.39, 0.29) is 10.8 Å². The second-order valence-corrected chi connectivity index (χ2v) is 10.1. The zero-order valence-electron chi connectivity index (χ0n) is 17.9. The van der Waals surface area contributed by atoms with Gasteiger partial charge in [0.15, 0.2) is 0 Å². The molecule has 0 aromatic heterocycles. The first-order valence-corrected chi connectivity index (χ1v) is 12.4. The van der Waals surface area contributed by atoms with Crippen LogP contribution >= 0.6 is 0 Å². The van der Waals surface area contributed by atoms with Crippen molar-refractivity contribution in [3.05, 3.63) is 53.6 Å². The summed E-state index contributed by atoms with van der Waals surface area (Å²) in [6.07, 6.45) is 0.792. The predicted octanol–water partition coefficient (Wildman–Crippen LogP) is 1.75. The lowest BCUT2D eigenvalue weighted by molar-refractivity contribution is 0.0730. The summed E-state index contributed by atoms with van der Waals surface area (Å²) >= 11 is 0. The molecule has 8 nitrogen and oxygen atoms in total. The molecular weight excluding hydrogens is 430 g/mol. The van der Waals surface area contributed by atoms with E-state index in [1.165, 1.54) is 4.31 Å². The lowest BCUT2D eigenvalue weighted by atomic mass is 10.1. The summed E-state index contributed by atoms with van der Waals surface area (Å²) < 4.78 is 38.8. The number of nitrogens with zero attached hydrogens (tertiary/aromatic N) is 3. The van der Waals surface area contributed by atoms with Crippen LogP contribution in [0.2, 0.25) is 0 Å². The third-order valence-corrected chi connectivity index (χ3v) is 8.18. The molecule has 0 saturated carbocycles. The smallest absolute Gasteiger partial charge is 0.260 e. The van der Waals surface area contributed by atoms with Gasteiger partial charge >= 0.3 is 0 Å². The van der Waals surface area contributed by atoms with Gasteiger partial charge in [0.2, 0.25) is 10.0 Å². The number of sulfonamides is 1. The molecular formula is C23H27N3O5S. The van der Waals surface area contributed by atoms with Crippen molar-refractivity contribution >= 4 is 27.3 Å². The van der Waals surface area contributed by atoms with Crippen LogP contribution in [0.3, 0.4) is 0 Å². The van der Waals surface area contributed by atoms with Gasteiger partial charge in [0.1, 0.15) is 0 Å². The molecule has 0 aliphatic carbocycles. The lowest BCUT2D eigenvalue weighted by Crippen LogP contribution is -2.41. The number of carbonyl (C=O) groups is 1. The second kappa shape index (κ2) is 8.82. The third-order valence-electron chi connectivity index (χ3n) is 6.29. The summed E-state index contributed by atoms with van der Waals surface area (Å²) in [7, 11) is -3.71. The number of anilines is 2. The van der Waals surface area contributed by atoms with Crippen molar-refractivity contribution in [1.82, 2.24) is 4.31 Å². The molecule has 5 rings (SSSR count). The van der Waals surface area contributed by atoms with Gasteiger partial charge in [-0.15, -0.1) is 0 Å². The Hall–Kier alpha value is -2.46. The maximum Gasteiger partial charge on any atom is 0.260 e. The van der Waals surface area contributed by atoms with Crippen LogP contribution in [0.4, 0.5) is 11.4 Å². The first kappa shape index (κ1) is 21.4. The number of para-hydroxylation sites is 1. The van der Waals surface area contributed by atoms with Crippen molar-refractivity contribution in [3.8, 4) is 0 Å². The van der Waals surface area contributed by atoms with Crippen molar-refractivity contribution in [2.75, 3.05) is 69.0 Å². The maximum atomic E-state index is 13.8. The number of ether oxygens (including phenoxy) is 2. The molecule has 0 spiro atoms. The number of morpholine rings is 2. The molecule has 0 N–H and O–H groups in total. The van der Waals surface area contributed by atoms with Gasteiger partial charge < -0.3 is 19.3 Å². The normalized spacial score (nSPS) is 19.8. The summed E-state index contributed by atoms with van der Waals surface area (Å²) in [5.41, 5.74) is 3.19. The Balaban J connectivity index is 1.55. The number of benzene rings is 2. The number of hydrogen-bond acceptors (Lipinski definition) is 6. The highest BCUT2D eigenvalue weighted by Crippen LogP contribution is 2.33. The minimum absolute atomic E-state index is 0.146. The Bertz CT molecular complexity index is 1110. The highest BCUT2D eigenvalue weighted by atomic mass is 32.2. The fraction of sp³-hybridized carbons (Fsp3) is 0.435. The van der Waals surface area contributed by atoms with Gasteiger partial charge in [-0.25, -0.2) is 8.42 Å². The van der Waals surface area contributed by atoms with Crippen LogP contribution < -0.4 is 9.80 Å². The van der Waals surface area contributed by atoms with Crippen molar-refractivity contribution in [3.63, 3.8) is 0 Å². The van der Waals surface area contributed by atoms with E-state index in [0.29, 0.717) is 64.7 Å². The van der Waals surface area contributed by atoms with Gasteiger partial charge in [0, 0.05) is 44.1 Å². The van der Waals surface area contributed by atoms with E-state index in [9.17, 15) is 13.2 Å². The minimum Gasteiger partial charge on any atom is -0.379 e. The number of carbonyl (C=O) groups excluding carboxylic acids is 1. The molecule has 0 radical (unpaired) electrons. The Morgan fingerprint density at radius 3 is 2.25 bits per heavy atom. The van der Waals surface area contributed by atoms with Gasteiger partial charge in [-0.05, 0) is 36.2 Å². The summed E-state index contributed by atoms with van der Waals surface area (Å²) in [6.45, 7) is 4.44. The quantitative estimate of drug-likeness (QED) is 0.696. The van der Waals surface area contributed by atoms with Gasteiger partial charge in [0.25, 0.3) is 5.91 Å². The highest BCUT2D eigenvalue weighted by molar-refractivity contribution is 7.89. The predicted molar refractivity (Wildman–Crippen MR) is 121 cm³/mol. The molecule has 3 aliphatic rings. The van der Waals surface area contributed by atoms with Crippen LogP contribution in [0.5, 0.6) is 0 Å². The summed E-state index contributed by atoms with van der Waals surface area (Å²) in [4.78, 5) is 17.8. The first-order valence-electron chi connectivity index (χ1n) is 11.0. The summed E-state index contributed by atoms with van der Waals surface area (Å²) in [5, 5.41) is 0. The minimum atomic E-state index is -3.71. The lowest BCUT2D eigenvalue weighted by Gasteiger charge is -2.32. The van der Waals surface area contributed by atoms with E-state index in [0.717, 1.165) is 23.4 Å². The standard InChI is InChI=1S/C23H27N3O5S/c27-23(26-8-7-18-3-1-2-4-21(18)26)20-17-19(32(28,29)25-11-15-31-16-12-25)5-6-22(20)24-9-13-30-14-10-24/h1-6,17H,7-16H2. The Morgan fingerprint density at radius 1 is 0.812 bits per heavy atom. The fourth-order valence-electron chi connectivity index (χ4n) is 4.56. The molecule has 32 heavy (non-hydrogen) atoms. The largest absolute Gasteiger partial charge is 0.379 e. The molecule has 2 fully saturated rings. The average molecular weight is 458 g/mol. The van der Waals surface area contributed by atoms with Crippen LogP contribution in [0.15, 0.2) is 47.4 Å². The van der Waals surface area contributed by atoms with E-state index < -0.39 is 10.0 Å². The molecule has 2 saturated heterocycles. The SMILES string of the molecule is O=C(c1cc(S(=O)(=O)N2CCOCC2)ccc1N1CCOCC1)N1CCc2ccccc21. The summed E-state index contributed by atoms with van der Waals surface area (Å²) in [5.74, 6) is -0.171. The van der Waals surface area contributed by atoms with Crippen LogP contribution in [-0.4, -0.2) is 77.8 Å². The molecule has 0 atom stereocenters. The molecule has 170 valence electrons. The van der Waals surface area contributed by atoms with Gasteiger partial charge in [-0.3, -0.25) is 4.79 Å². The molecule has 9 heteroatoms. The van der Waals surface area contributed by atoms with Crippen LogP contribution in [-0.2, 0) is 25.9 Å². The monoisotopic (exact) mass is 457 g/mol. The van der Waals surface area contributed by atoms with Crippen LogP contribution in [0, 0.1) is 0 Å². The molecule has 0 bridgehead atoms. The highest BCUT2D eigenvalue weighted by Gasteiger charge is 2.32. The van der Waals surface area contributed by atoms with E-state index in [1.807, 2.05) is 24.3 Å². The Kier molecular flexibility index (Phi) is 5.90. The molecule has 2 aromatic rings. The average Bonchev–Trinajstić information content (AvgIpc) is 3.28. The van der Waals surface area contributed by atoms with Gasteiger partial charge in [-0.2, -0.15) is 4.31 Å². The number of fused-ring (bicyclic) bond motifs is 1. The van der Waals surface area contributed by atoms with Crippen LogP contribution in [0.1, 0.15) is 15.9 Å². The number of amides is 1. The number of hydrogen-bond donors (Lipinski definition) is 0. The third kappa shape index (κ3) is 3.90. The fourth-order valence-corrected chi connectivity index (χ4v) is 5.99. The van der Waals surface area contributed by atoms with Crippen LogP contribution in [0.25, 0.3) is 0 Å². The van der Waals surface area contributed by atoms with Crippen molar-refractivity contribution in [2.24, 2.45) is 0 Å². The van der Waals surface area contributed by atoms with Crippen molar-refractivity contribution < 1.29 is 22.7 Å². The van der Waals surface area contributed by atoms with E-state index in [2.05, 4.69) is 4.90 Å². The van der Waals surface area contributed by atoms with E-state index >= 15 is 0 Å². The van der Waals surface area contributed by atoms with Crippen molar-refractivity contribution in [2.45, 2.75) is 11.3 Å². The molecule has 0 unspecified atom stereocenters. The van der Waals surface area contributed by atoms with Gasteiger partial charge in [0.05, 0.1) is 36.9 Å². The van der Waals surface area contributed by atoms with Crippen molar-refractivity contribution in [1.29, 1.82) is 0 Å². The molecule has 3 aliphatic heterocycles. The molecule has 3 heterocycles. The zero-order valence-corrected chi connectivity index (χ0v) is 18.7. The second-order valence-electron chi connectivity index (χ2n) is 8.13. The molecule has 1 amide bonds. The zero-order chi connectivity index (χ0) is 22.1. The summed E-state index contributed by atoms with van der Waals surface area (Å²) in [6, 6.07) is 12.8. The Labute approximate surface area is 188 Å². The first-order chi connectivity index (χ1) is 15.6.